The van der Waals surface area contributed by atoms with Crippen LogP contribution in [0.4, 0.5) is 10.1 Å². The van der Waals surface area contributed by atoms with Crippen LogP contribution in [0.3, 0.4) is 0 Å². The number of benzene rings is 2. The van der Waals surface area contributed by atoms with E-state index in [1.807, 2.05) is 13.8 Å². The van der Waals surface area contributed by atoms with Gasteiger partial charge in [-0.15, -0.1) is 0 Å². The fourth-order valence-corrected chi connectivity index (χ4v) is 2.97. The highest BCUT2D eigenvalue weighted by Crippen LogP contribution is 2.19. The number of nitrogens with zero attached hydrogens (tertiary/aromatic N) is 2. The van der Waals surface area contributed by atoms with Gasteiger partial charge in [-0.3, -0.25) is 10.1 Å². The first kappa shape index (κ1) is 20.6. The van der Waals surface area contributed by atoms with Gasteiger partial charge < -0.3 is 4.90 Å². The van der Waals surface area contributed by atoms with Gasteiger partial charge >= 0.3 is 0 Å². The topological polar surface area (TPSA) is 56.1 Å². The highest BCUT2D eigenvalue weighted by atomic mass is 19.1. The Balaban J connectivity index is 2.10. The van der Waals surface area contributed by atoms with Crippen LogP contribution in [-0.2, 0) is 11.2 Å². The van der Waals surface area contributed by atoms with Crippen LogP contribution in [0.5, 0.6) is 0 Å². The maximum atomic E-state index is 13.2. The summed E-state index contributed by atoms with van der Waals surface area (Å²) in [6, 6.07) is 15.7. The van der Waals surface area contributed by atoms with E-state index >= 15 is 0 Å². The summed E-state index contributed by atoms with van der Waals surface area (Å²) in [6.07, 6.45) is 1.20. The van der Waals surface area contributed by atoms with Crippen molar-refractivity contribution in [1.82, 2.24) is 5.32 Å². The lowest BCUT2D eigenvalue weighted by Gasteiger charge is -2.27. The van der Waals surface area contributed by atoms with Gasteiger partial charge in [-0.05, 0) is 55.7 Å². The Kier molecular flexibility index (Phi) is 7.51. The molecule has 0 fully saturated rings. The Bertz CT molecular complexity index is 781. The summed E-state index contributed by atoms with van der Waals surface area (Å²) in [5.41, 5.74) is 2.97. The number of aryl methyl sites for hydroxylation is 1. The minimum atomic E-state index is -0.449. The zero-order valence-electron chi connectivity index (χ0n) is 16.1. The Morgan fingerprint density at radius 3 is 2.33 bits per heavy atom. The first-order chi connectivity index (χ1) is 13.0. The average Bonchev–Trinajstić information content (AvgIpc) is 2.69. The number of amides is 1. The highest BCUT2D eigenvalue weighted by Gasteiger charge is 2.23. The number of halogens is 1. The predicted octanol–water partition coefficient (Wildman–Crippen LogP) is 4.37. The molecule has 1 amide bonds. The maximum absolute atomic E-state index is 13.2. The Morgan fingerprint density at radius 1 is 1.15 bits per heavy atom. The lowest BCUT2D eigenvalue weighted by molar-refractivity contribution is -0.120. The van der Waals surface area contributed by atoms with Gasteiger partial charge in [0.1, 0.15) is 5.82 Å². The van der Waals surface area contributed by atoms with Crippen LogP contribution < -0.4 is 10.2 Å². The van der Waals surface area contributed by atoms with Gasteiger partial charge in [0.2, 0.25) is 5.91 Å². The van der Waals surface area contributed by atoms with Crippen LogP contribution in [0.25, 0.3) is 0 Å². The summed E-state index contributed by atoms with van der Waals surface area (Å²) in [5.74, 6) is -0.504. The van der Waals surface area contributed by atoms with E-state index in [0.717, 1.165) is 12.0 Å². The molecule has 0 aromatic heterocycles. The summed E-state index contributed by atoms with van der Waals surface area (Å²) in [6.45, 7) is 6.21. The summed E-state index contributed by atoms with van der Waals surface area (Å²) >= 11 is 0. The van der Waals surface area contributed by atoms with Crippen molar-refractivity contribution in [2.45, 2.75) is 45.7 Å². The Hall–Kier alpha value is -2.71. The van der Waals surface area contributed by atoms with Gasteiger partial charge in [-0.25, -0.2) is 4.39 Å². The van der Waals surface area contributed by atoms with Gasteiger partial charge in [0.25, 0.3) is 0 Å². The second kappa shape index (κ2) is 9.84. The molecule has 2 rings (SSSR count). The van der Waals surface area contributed by atoms with E-state index in [2.05, 4.69) is 42.6 Å². The number of carbonyl (C=O) groups is 1. The molecule has 0 aliphatic carbocycles. The van der Waals surface area contributed by atoms with E-state index in [1.165, 1.54) is 22.6 Å². The molecule has 0 aliphatic rings. The van der Waals surface area contributed by atoms with Crippen molar-refractivity contribution in [3.8, 4) is 6.07 Å². The van der Waals surface area contributed by atoms with E-state index in [-0.39, 0.29) is 30.7 Å². The average molecular weight is 367 g/mol. The number of anilines is 1. The molecular weight excluding hydrogens is 341 g/mol. The molecule has 0 aliphatic heterocycles. The van der Waals surface area contributed by atoms with Crippen LogP contribution in [0.1, 0.15) is 44.4 Å². The molecule has 0 spiro atoms. The SMILES string of the molecule is CCc1ccc(C(C)NC(C)C(=O)N(CCC#N)c2ccc(F)cc2)cc1. The van der Waals surface area contributed by atoms with Crippen molar-refractivity contribution in [3.05, 3.63) is 65.5 Å². The first-order valence-electron chi connectivity index (χ1n) is 9.25. The molecule has 0 saturated heterocycles. The highest BCUT2D eigenvalue weighted by molar-refractivity contribution is 5.97. The van der Waals surface area contributed by atoms with Crippen LogP contribution in [0, 0.1) is 17.1 Å². The smallest absolute Gasteiger partial charge is 0.243 e. The number of nitrogens with one attached hydrogen (secondary N) is 1. The molecule has 0 radical (unpaired) electrons. The summed E-state index contributed by atoms with van der Waals surface area (Å²) < 4.78 is 13.2. The number of hydrogen-bond acceptors (Lipinski definition) is 3. The first-order valence-corrected chi connectivity index (χ1v) is 9.25. The van der Waals surface area contributed by atoms with Crippen molar-refractivity contribution in [2.75, 3.05) is 11.4 Å². The number of nitriles is 1. The standard InChI is InChI=1S/C22H26FN3O/c1-4-18-6-8-19(9-7-18)16(2)25-17(3)22(27)26(15-5-14-24)21-12-10-20(23)11-13-21/h6-13,16-17,25H,4-5,15H2,1-3H3. The van der Waals surface area contributed by atoms with Gasteiger partial charge in [-0.1, -0.05) is 31.2 Å². The molecular formula is C22H26FN3O. The van der Waals surface area contributed by atoms with Gasteiger partial charge in [0.05, 0.1) is 18.5 Å². The summed E-state index contributed by atoms with van der Waals surface area (Å²) in [7, 11) is 0. The predicted molar refractivity (Wildman–Crippen MR) is 106 cm³/mol. The van der Waals surface area contributed by atoms with E-state index in [4.69, 9.17) is 5.26 Å². The van der Waals surface area contributed by atoms with E-state index < -0.39 is 6.04 Å². The lowest BCUT2D eigenvalue weighted by Crippen LogP contribution is -2.46. The summed E-state index contributed by atoms with van der Waals surface area (Å²) in [5, 5.41) is 12.2. The molecule has 27 heavy (non-hydrogen) atoms. The third-order valence-electron chi connectivity index (χ3n) is 4.61. The fourth-order valence-electron chi connectivity index (χ4n) is 2.97. The van der Waals surface area contributed by atoms with Crippen LogP contribution in [-0.4, -0.2) is 18.5 Å². The van der Waals surface area contributed by atoms with Crippen molar-refractivity contribution >= 4 is 11.6 Å². The minimum Gasteiger partial charge on any atom is -0.310 e. The van der Waals surface area contributed by atoms with Crippen LogP contribution in [0.2, 0.25) is 0 Å². The maximum Gasteiger partial charge on any atom is 0.243 e. The van der Waals surface area contributed by atoms with Crippen molar-refractivity contribution < 1.29 is 9.18 Å². The third kappa shape index (κ3) is 5.63. The van der Waals surface area contributed by atoms with E-state index in [0.29, 0.717) is 5.69 Å². The lowest BCUT2D eigenvalue weighted by atomic mass is 10.0. The zero-order chi connectivity index (χ0) is 19.8. The van der Waals surface area contributed by atoms with Gasteiger partial charge in [0.15, 0.2) is 0 Å². The van der Waals surface area contributed by atoms with E-state index in [9.17, 15) is 9.18 Å². The molecule has 5 heteroatoms. The van der Waals surface area contributed by atoms with E-state index in [1.54, 1.807) is 12.1 Å². The molecule has 0 bridgehead atoms. The zero-order valence-corrected chi connectivity index (χ0v) is 16.1. The number of rotatable bonds is 8. The third-order valence-corrected chi connectivity index (χ3v) is 4.61. The Labute approximate surface area is 160 Å². The molecule has 2 aromatic rings. The molecule has 2 atom stereocenters. The van der Waals surface area contributed by atoms with Crippen molar-refractivity contribution in [1.29, 1.82) is 5.26 Å². The Morgan fingerprint density at radius 2 is 1.78 bits per heavy atom. The molecule has 4 nitrogen and oxygen atoms in total. The quantitative estimate of drug-likeness (QED) is 0.753. The normalized spacial score (nSPS) is 12.9. The monoisotopic (exact) mass is 367 g/mol. The molecule has 1 N–H and O–H groups in total. The molecule has 0 heterocycles. The molecule has 0 saturated carbocycles. The van der Waals surface area contributed by atoms with Gasteiger partial charge in [0, 0.05) is 18.3 Å². The van der Waals surface area contributed by atoms with Crippen LogP contribution >= 0.6 is 0 Å². The second-order valence-corrected chi connectivity index (χ2v) is 6.58. The molecule has 2 unspecified atom stereocenters. The van der Waals surface area contributed by atoms with Crippen molar-refractivity contribution in [3.63, 3.8) is 0 Å². The fraction of sp³-hybridized carbons (Fsp3) is 0.364. The van der Waals surface area contributed by atoms with Crippen LogP contribution in [0.15, 0.2) is 48.5 Å². The number of carbonyl (C=O) groups excluding carboxylic acids is 1. The number of hydrogen-bond donors (Lipinski definition) is 1. The summed E-state index contributed by atoms with van der Waals surface area (Å²) in [4.78, 5) is 14.5. The minimum absolute atomic E-state index is 0.000825. The molecule has 2 aromatic carbocycles. The molecule has 142 valence electrons. The largest absolute Gasteiger partial charge is 0.310 e. The van der Waals surface area contributed by atoms with Crippen molar-refractivity contribution in [2.24, 2.45) is 0 Å². The van der Waals surface area contributed by atoms with Gasteiger partial charge in [-0.2, -0.15) is 5.26 Å². The second-order valence-electron chi connectivity index (χ2n) is 6.58.